The first-order chi connectivity index (χ1) is 7.59. The summed E-state index contributed by atoms with van der Waals surface area (Å²) in [6.45, 7) is 5.05. The Bertz CT molecular complexity index is 359. The van der Waals surface area contributed by atoms with E-state index in [1.54, 1.807) is 12.1 Å². The minimum atomic E-state index is -0.807. The van der Waals surface area contributed by atoms with E-state index in [2.05, 4.69) is 19.2 Å². The lowest BCUT2D eigenvalue weighted by Crippen LogP contribution is -2.23. The molecule has 1 rings (SSSR count). The van der Waals surface area contributed by atoms with E-state index in [0.29, 0.717) is 11.6 Å². The van der Waals surface area contributed by atoms with Crippen LogP contribution in [0.25, 0.3) is 6.08 Å². The van der Waals surface area contributed by atoms with Crippen LogP contribution in [0, 0.1) is 11.6 Å². The Labute approximate surface area is 95.2 Å². The largest absolute Gasteiger partial charge is 0.314 e. The highest BCUT2D eigenvalue weighted by molar-refractivity contribution is 5.49. The van der Waals surface area contributed by atoms with Crippen LogP contribution < -0.4 is 5.32 Å². The SMILES string of the molecule is CC(C)NCCC=Cc1ccc(F)c(F)c1. The van der Waals surface area contributed by atoms with Crippen LogP contribution in [0.5, 0.6) is 0 Å². The summed E-state index contributed by atoms with van der Waals surface area (Å²) in [7, 11) is 0. The first-order valence-corrected chi connectivity index (χ1v) is 5.44. The van der Waals surface area contributed by atoms with Gasteiger partial charge in [-0.15, -0.1) is 0 Å². The van der Waals surface area contributed by atoms with Crippen molar-refractivity contribution >= 4 is 6.08 Å². The molecule has 0 bridgehead atoms. The topological polar surface area (TPSA) is 12.0 Å². The van der Waals surface area contributed by atoms with Crippen molar-refractivity contribution in [3.8, 4) is 0 Å². The molecule has 3 heteroatoms. The summed E-state index contributed by atoms with van der Waals surface area (Å²) in [5.74, 6) is -1.61. The van der Waals surface area contributed by atoms with Crippen molar-refractivity contribution in [1.82, 2.24) is 5.32 Å². The van der Waals surface area contributed by atoms with Crippen LogP contribution in [0.3, 0.4) is 0 Å². The predicted octanol–water partition coefficient (Wildman–Crippen LogP) is 3.37. The number of benzene rings is 1. The fourth-order valence-electron chi connectivity index (χ4n) is 1.29. The standard InChI is InChI=1S/C13H17F2N/c1-10(2)16-8-4-3-5-11-6-7-12(14)13(15)9-11/h3,5-7,9-10,16H,4,8H2,1-2H3. The van der Waals surface area contributed by atoms with Gasteiger partial charge in [0, 0.05) is 6.04 Å². The maximum Gasteiger partial charge on any atom is 0.159 e. The van der Waals surface area contributed by atoms with Crippen LogP contribution in [-0.2, 0) is 0 Å². The normalized spacial score (nSPS) is 11.6. The zero-order valence-corrected chi connectivity index (χ0v) is 9.63. The van der Waals surface area contributed by atoms with Crippen molar-refractivity contribution in [3.63, 3.8) is 0 Å². The van der Waals surface area contributed by atoms with E-state index in [4.69, 9.17) is 0 Å². The predicted molar refractivity (Wildman–Crippen MR) is 63.1 cm³/mol. The second-order valence-electron chi connectivity index (χ2n) is 3.97. The second-order valence-corrected chi connectivity index (χ2v) is 3.97. The smallest absolute Gasteiger partial charge is 0.159 e. The minimum absolute atomic E-state index is 0.469. The molecular weight excluding hydrogens is 208 g/mol. The van der Waals surface area contributed by atoms with Crippen molar-refractivity contribution in [2.24, 2.45) is 0 Å². The summed E-state index contributed by atoms with van der Waals surface area (Å²) >= 11 is 0. The van der Waals surface area contributed by atoms with Gasteiger partial charge in [-0.1, -0.05) is 32.1 Å². The van der Waals surface area contributed by atoms with Gasteiger partial charge in [-0.25, -0.2) is 8.78 Å². The number of halogens is 2. The van der Waals surface area contributed by atoms with Crippen LogP contribution in [-0.4, -0.2) is 12.6 Å². The Morgan fingerprint density at radius 2 is 2.00 bits per heavy atom. The summed E-state index contributed by atoms with van der Waals surface area (Å²) in [6.07, 6.45) is 4.61. The van der Waals surface area contributed by atoms with Crippen LogP contribution in [0.4, 0.5) is 8.78 Å². The minimum Gasteiger partial charge on any atom is -0.314 e. The lowest BCUT2D eigenvalue weighted by Gasteiger charge is -2.04. The molecule has 0 radical (unpaired) electrons. The fraction of sp³-hybridized carbons (Fsp3) is 0.385. The molecule has 1 N–H and O–H groups in total. The molecule has 16 heavy (non-hydrogen) atoms. The van der Waals surface area contributed by atoms with Crippen molar-refractivity contribution in [3.05, 3.63) is 41.5 Å². The Morgan fingerprint density at radius 3 is 2.62 bits per heavy atom. The number of rotatable bonds is 5. The molecule has 0 spiro atoms. The van der Waals surface area contributed by atoms with Crippen LogP contribution >= 0.6 is 0 Å². The van der Waals surface area contributed by atoms with Gasteiger partial charge in [0.15, 0.2) is 11.6 Å². The van der Waals surface area contributed by atoms with Crippen molar-refractivity contribution < 1.29 is 8.78 Å². The molecule has 0 fully saturated rings. The first kappa shape index (κ1) is 12.8. The van der Waals surface area contributed by atoms with Crippen LogP contribution in [0.2, 0.25) is 0 Å². The van der Waals surface area contributed by atoms with Crippen molar-refractivity contribution in [2.75, 3.05) is 6.54 Å². The summed E-state index contributed by atoms with van der Waals surface area (Å²) < 4.78 is 25.5. The quantitative estimate of drug-likeness (QED) is 0.758. The van der Waals surface area contributed by atoms with E-state index in [0.717, 1.165) is 19.0 Å². The number of hydrogen-bond acceptors (Lipinski definition) is 1. The summed E-state index contributed by atoms with van der Waals surface area (Å²) in [4.78, 5) is 0. The molecule has 0 unspecified atom stereocenters. The highest BCUT2D eigenvalue weighted by Crippen LogP contribution is 2.10. The Morgan fingerprint density at radius 1 is 1.25 bits per heavy atom. The highest BCUT2D eigenvalue weighted by Gasteiger charge is 1.99. The first-order valence-electron chi connectivity index (χ1n) is 5.44. The Kier molecular flexibility index (Phi) is 5.12. The molecule has 0 saturated heterocycles. The molecule has 0 aromatic heterocycles. The van der Waals surface area contributed by atoms with E-state index >= 15 is 0 Å². The second kappa shape index (κ2) is 6.38. The van der Waals surface area contributed by atoms with Crippen LogP contribution in [0.15, 0.2) is 24.3 Å². The lowest BCUT2D eigenvalue weighted by molar-refractivity contribution is 0.508. The molecule has 0 aliphatic heterocycles. The number of hydrogen-bond donors (Lipinski definition) is 1. The molecule has 1 aromatic carbocycles. The molecule has 1 aromatic rings. The van der Waals surface area contributed by atoms with Gasteiger partial charge in [0.1, 0.15) is 0 Å². The van der Waals surface area contributed by atoms with E-state index in [1.165, 1.54) is 6.07 Å². The van der Waals surface area contributed by atoms with Gasteiger partial charge in [-0.2, -0.15) is 0 Å². The van der Waals surface area contributed by atoms with E-state index in [-0.39, 0.29) is 0 Å². The highest BCUT2D eigenvalue weighted by atomic mass is 19.2. The summed E-state index contributed by atoms with van der Waals surface area (Å²) in [6, 6.07) is 4.37. The van der Waals surface area contributed by atoms with Gasteiger partial charge in [-0.05, 0) is 30.7 Å². The Hall–Kier alpha value is -1.22. The zero-order valence-electron chi connectivity index (χ0n) is 9.63. The maximum absolute atomic E-state index is 12.8. The molecule has 0 aliphatic carbocycles. The molecule has 1 nitrogen and oxygen atoms in total. The van der Waals surface area contributed by atoms with E-state index in [9.17, 15) is 8.78 Å². The average molecular weight is 225 g/mol. The van der Waals surface area contributed by atoms with Gasteiger partial charge >= 0.3 is 0 Å². The average Bonchev–Trinajstić information content (AvgIpc) is 2.22. The Balaban J connectivity index is 2.41. The molecule has 0 heterocycles. The molecule has 0 amide bonds. The van der Waals surface area contributed by atoms with E-state index in [1.807, 2.05) is 6.08 Å². The summed E-state index contributed by atoms with van der Waals surface area (Å²) in [5, 5.41) is 3.27. The molecule has 0 atom stereocenters. The third kappa shape index (κ3) is 4.53. The summed E-state index contributed by atoms with van der Waals surface area (Å²) in [5.41, 5.74) is 0.684. The third-order valence-corrected chi connectivity index (χ3v) is 2.12. The zero-order chi connectivity index (χ0) is 12.0. The van der Waals surface area contributed by atoms with Gasteiger partial charge in [0.25, 0.3) is 0 Å². The molecule has 88 valence electrons. The van der Waals surface area contributed by atoms with Crippen LogP contribution in [0.1, 0.15) is 25.8 Å². The van der Waals surface area contributed by atoms with Crippen molar-refractivity contribution in [2.45, 2.75) is 26.3 Å². The fourth-order valence-corrected chi connectivity index (χ4v) is 1.29. The molecular formula is C13H17F2N. The maximum atomic E-state index is 12.8. The lowest BCUT2D eigenvalue weighted by atomic mass is 10.2. The third-order valence-electron chi connectivity index (χ3n) is 2.12. The molecule has 0 saturated carbocycles. The van der Waals surface area contributed by atoms with Crippen molar-refractivity contribution in [1.29, 1.82) is 0 Å². The monoisotopic (exact) mass is 225 g/mol. The van der Waals surface area contributed by atoms with E-state index < -0.39 is 11.6 Å². The van der Waals surface area contributed by atoms with Gasteiger partial charge in [-0.3, -0.25) is 0 Å². The number of nitrogens with one attached hydrogen (secondary N) is 1. The van der Waals surface area contributed by atoms with Gasteiger partial charge in [0.2, 0.25) is 0 Å². The molecule has 0 aliphatic rings. The van der Waals surface area contributed by atoms with Gasteiger partial charge in [0.05, 0.1) is 0 Å². The van der Waals surface area contributed by atoms with Gasteiger partial charge < -0.3 is 5.32 Å².